The van der Waals surface area contributed by atoms with Crippen molar-refractivity contribution in [2.75, 3.05) is 0 Å². The van der Waals surface area contributed by atoms with Crippen LogP contribution in [0.5, 0.6) is 0 Å². The first kappa shape index (κ1) is 12.7. The van der Waals surface area contributed by atoms with Crippen LogP contribution in [-0.4, -0.2) is 20.9 Å². The van der Waals surface area contributed by atoms with Gasteiger partial charge in [0.15, 0.2) is 5.69 Å². The van der Waals surface area contributed by atoms with Crippen molar-refractivity contribution in [3.63, 3.8) is 0 Å². The van der Waals surface area contributed by atoms with Crippen molar-refractivity contribution in [1.29, 1.82) is 0 Å². The summed E-state index contributed by atoms with van der Waals surface area (Å²) in [5.41, 5.74) is 2.84. The van der Waals surface area contributed by atoms with E-state index in [1.807, 2.05) is 12.1 Å². The Kier molecular flexibility index (Phi) is 3.11. The Hall–Kier alpha value is -1.33. The van der Waals surface area contributed by atoms with E-state index in [0.29, 0.717) is 5.02 Å². The number of aromatic carboxylic acids is 1. The summed E-state index contributed by atoms with van der Waals surface area (Å²) in [5, 5.41) is 14.0. The molecule has 0 saturated heterocycles. The fraction of sp³-hybridized carbons (Fsp3) is 0.231. The molecule has 6 heteroatoms. The van der Waals surface area contributed by atoms with E-state index in [1.54, 1.807) is 10.7 Å². The summed E-state index contributed by atoms with van der Waals surface area (Å²) < 4.78 is 2.48. The quantitative estimate of drug-likeness (QED) is 0.910. The number of carboxylic acids is 1. The van der Waals surface area contributed by atoms with E-state index in [2.05, 4.69) is 21.0 Å². The maximum atomic E-state index is 11.2. The summed E-state index contributed by atoms with van der Waals surface area (Å²) in [6.45, 7) is 0. The molecule has 0 saturated carbocycles. The number of benzene rings is 1. The van der Waals surface area contributed by atoms with Crippen LogP contribution >= 0.6 is 27.5 Å². The van der Waals surface area contributed by atoms with Crippen LogP contribution in [0.3, 0.4) is 0 Å². The lowest BCUT2D eigenvalue weighted by Crippen LogP contribution is -2.04. The Morgan fingerprint density at radius 1 is 1.42 bits per heavy atom. The van der Waals surface area contributed by atoms with Crippen LogP contribution in [0.4, 0.5) is 0 Å². The first-order valence-electron chi connectivity index (χ1n) is 5.87. The average molecular weight is 342 g/mol. The summed E-state index contributed by atoms with van der Waals surface area (Å²) in [5.74, 6) is -0.968. The standard InChI is InChI=1S/C13H10BrClN2O2/c14-9-6-7(4-5-10(9)15)17-11-3-1-2-8(11)12(16-17)13(18)19/h4-6H,1-3H2,(H,18,19). The van der Waals surface area contributed by atoms with Crippen molar-refractivity contribution in [2.24, 2.45) is 0 Å². The Morgan fingerprint density at radius 3 is 2.89 bits per heavy atom. The predicted octanol–water partition coefficient (Wildman–Crippen LogP) is 3.48. The van der Waals surface area contributed by atoms with E-state index in [4.69, 9.17) is 11.6 Å². The second-order valence-electron chi connectivity index (χ2n) is 4.44. The molecule has 0 aliphatic heterocycles. The highest BCUT2D eigenvalue weighted by atomic mass is 79.9. The fourth-order valence-electron chi connectivity index (χ4n) is 2.44. The normalized spacial score (nSPS) is 13.6. The van der Waals surface area contributed by atoms with Gasteiger partial charge in [0.1, 0.15) is 0 Å². The van der Waals surface area contributed by atoms with E-state index < -0.39 is 5.97 Å². The molecule has 1 aliphatic rings. The van der Waals surface area contributed by atoms with Crippen molar-refractivity contribution >= 4 is 33.5 Å². The summed E-state index contributed by atoms with van der Waals surface area (Å²) in [6.07, 6.45) is 2.61. The summed E-state index contributed by atoms with van der Waals surface area (Å²) in [4.78, 5) is 11.2. The van der Waals surface area contributed by atoms with Crippen molar-refractivity contribution in [3.8, 4) is 5.69 Å². The molecule has 0 amide bonds. The third-order valence-corrected chi connectivity index (χ3v) is 4.49. The van der Waals surface area contributed by atoms with Crippen molar-refractivity contribution in [1.82, 2.24) is 9.78 Å². The van der Waals surface area contributed by atoms with Crippen molar-refractivity contribution in [3.05, 3.63) is 44.6 Å². The summed E-state index contributed by atoms with van der Waals surface area (Å²) in [6, 6.07) is 5.45. The lowest BCUT2D eigenvalue weighted by atomic mass is 10.2. The minimum Gasteiger partial charge on any atom is -0.476 e. The van der Waals surface area contributed by atoms with Gasteiger partial charge in [-0.2, -0.15) is 5.10 Å². The van der Waals surface area contributed by atoms with Crippen LogP contribution in [0.1, 0.15) is 28.2 Å². The lowest BCUT2D eigenvalue weighted by molar-refractivity contribution is 0.0689. The maximum absolute atomic E-state index is 11.2. The minimum absolute atomic E-state index is 0.165. The molecule has 0 spiro atoms. The molecule has 1 heterocycles. The molecule has 4 nitrogen and oxygen atoms in total. The third-order valence-electron chi connectivity index (χ3n) is 3.28. The van der Waals surface area contributed by atoms with E-state index in [1.165, 1.54) is 0 Å². The number of aromatic nitrogens is 2. The fourth-order valence-corrected chi connectivity index (χ4v) is 2.92. The van der Waals surface area contributed by atoms with E-state index in [0.717, 1.165) is 40.7 Å². The van der Waals surface area contributed by atoms with Crippen LogP contribution < -0.4 is 0 Å². The molecule has 1 aliphatic carbocycles. The van der Waals surface area contributed by atoms with Crippen LogP contribution in [0.25, 0.3) is 5.69 Å². The van der Waals surface area contributed by atoms with E-state index >= 15 is 0 Å². The second-order valence-corrected chi connectivity index (χ2v) is 5.70. The summed E-state index contributed by atoms with van der Waals surface area (Å²) in [7, 11) is 0. The number of fused-ring (bicyclic) bond motifs is 1. The third kappa shape index (κ3) is 2.07. The molecule has 0 fully saturated rings. The van der Waals surface area contributed by atoms with E-state index in [9.17, 15) is 9.90 Å². The number of carboxylic acid groups (broad SMARTS) is 1. The highest BCUT2D eigenvalue weighted by Gasteiger charge is 2.26. The highest BCUT2D eigenvalue weighted by molar-refractivity contribution is 9.10. The largest absolute Gasteiger partial charge is 0.476 e. The summed E-state index contributed by atoms with van der Waals surface area (Å²) >= 11 is 9.34. The molecular formula is C13H10BrClN2O2. The molecule has 1 aromatic heterocycles. The molecule has 1 aromatic carbocycles. The first-order chi connectivity index (χ1) is 9.08. The number of halogens is 2. The molecule has 2 aromatic rings. The van der Waals surface area contributed by atoms with Gasteiger partial charge in [-0.3, -0.25) is 0 Å². The van der Waals surface area contributed by atoms with Gasteiger partial charge in [-0.25, -0.2) is 9.48 Å². The maximum Gasteiger partial charge on any atom is 0.356 e. The van der Waals surface area contributed by atoms with Crippen LogP contribution in [0.2, 0.25) is 5.02 Å². The number of carbonyl (C=O) groups is 1. The molecule has 0 radical (unpaired) electrons. The smallest absolute Gasteiger partial charge is 0.356 e. The van der Waals surface area contributed by atoms with Gasteiger partial charge in [-0.1, -0.05) is 11.6 Å². The monoisotopic (exact) mass is 340 g/mol. The van der Waals surface area contributed by atoms with Gasteiger partial charge in [-0.05, 0) is 53.4 Å². The van der Waals surface area contributed by atoms with Gasteiger partial charge in [0.05, 0.1) is 10.7 Å². The van der Waals surface area contributed by atoms with Gasteiger partial charge in [-0.15, -0.1) is 0 Å². The minimum atomic E-state index is -0.968. The molecule has 1 N–H and O–H groups in total. The molecule has 3 rings (SSSR count). The van der Waals surface area contributed by atoms with Crippen molar-refractivity contribution < 1.29 is 9.90 Å². The predicted molar refractivity (Wildman–Crippen MR) is 75.3 cm³/mol. The van der Waals surface area contributed by atoms with Gasteiger partial charge in [0.2, 0.25) is 0 Å². The number of rotatable bonds is 2. The molecule has 98 valence electrons. The zero-order chi connectivity index (χ0) is 13.6. The molecule has 19 heavy (non-hydrogen) atoms. The topological polar surface area (TPSA) is 55.1 Å². The number of hydrogen-bond acceptors (Lipinski definition) is 2. The number of nitrogens with zero attached hydrogens (tertiary/aromatic N) is 2. The Bertz CT molecular complexity index is 682. The van der Waals surface area contributed by atoms with Crippen molar-refractivity contribution in [2.45, 2.75) is 19.3 Å². The van der Waals surface area contributed by atoms with Crippen LogP contribution in [0, 0.1) is 0 Å². The Morgan fingerprint density at radius 2 is 2.21 bits per heavy atom. The van der Waals surface area contributed by atoms with Gasteiger partial charge in [0.25, 0.3) is 0 Å². The second kappa shape index (κ2) is 4.65. The molecule has 0 unspecified atom stereocenters. The van der Waals surface area contributed by atoms with Gasteiger partial charge < -0.3 is 5.11 Å². The van der Waals surface area contributed by atoms with Crippen LogP contribution in [-0.2, 0) is 12.8 Å². The lowest BCUT2D eigenvalue weighted by Gasteiger charge is -2.06. The SMILES string of the molecule is O=C(O)c1nn(-c2ccc(Cl)c(Br)c2)c2c1CCC2. The zero-order valence-corrected chi connectivity index (χ0v) is 12.2. The number of hydrogen-bond donors (Lipinski definition) is 1. The Balaban J connectivity index is 2.18. The van der Waals surface area contributed by atoms with E-state index in [-0.39, 0.29) is 5.69 Å². The zero-order valence-electron chi connectivity index (χ0n) is 9.86. The van der Waals surface area contributed by atoms with Gasteiger partial charge in [0, 0.05) is 15.7 Å². The molecular weight excluding hydrogens is 332 g/mol. The first-order valence-corrected chi connectivity index (χ1v) is 7.04. The molecule has 0 bridgehead atoms. The van der Waals surface area contributed by atoms with Crippen LogP contribution in [0.15, 0.2) is 22.7 Å². The highest BCUT2D eigenvalue weighted by Crippen LogP contribution is 2.30. The molecule has 0 atom stereocenters. The average Bonchev–Trinajstić information content (AvgIpc) is 2.93. The van der Waals surface area contributed by atoms with Gasteiger partial charge >= 0.3 is 5.97 Å². The Labute approximate surface area is 123 Å².